The highest BCUT2D eigenvalue weighted by atomic mass is 32.2. The smallest absolute Gasteiger partial charge is 0.243 e. The van der Waals surface area contributed by atoms with E-state index in [1.165, 1.54) is 28.2 Å². The number of rotatable bonds is 5. The summed E-state index contributed by atoms with van der Waals surface area (Å²) in [6.45, 7) is 3.92. The van der Waals surface area contributed by atoms with Gasteiger partial charge in [0.05, 0.1) is 23.9 Å². The van der Waals surface area contributed by atoms with Gasteiger partial charge >= 0.3 is 0 Å². The van der Waals surface area contributed by atoms with Crippen molar-refractivity contribution in [3.63, 3.8) is 0 Å². The molecule has 10 nitrogen and oxygen atoms in total. The number of amides is 1. The van der Waals surface area contributed by atoms with E-state index in [0.29, 0.717) is 48.8 Å². The quantitative estimate of drug-likeness (QED) is 0.496. The molecule has 32 heavy (non-hydrogen) atoms. The van der Waals surface area contributed by atoms with Gasteiger partial charge in [-0.25, -0.2) is 18.4 Å². The van der Waals surface area contributed by atoms with Gasteiger partial charge in [0.1, 0.15) is 5.82 Å². The summed E-state index contributed by atoms with van der Waals surface area (Å²) in [4.78, 5) is 22.8. The fraction of sp³-hybridized carbons (Fsp3) is 0.450. The van der Waals surface area contributed by atoms with E-state index in [1.807, 2.05) is 6.92 Å². The highest BCUT2D eigenvalue weighted by Crippen LogP contribution is 2.33. The Balaban J connectivity index is 1.35. The van der Waals surface area contributed by atoms with Crippen molar-refractivity contribution in [2.75, 3.05) is 50.9 Å². The number of nitrogens with zero attached hydrogens (tertiary/aromatic N) is 4. The second kappa shape index (κ2) is 9.51. The minimum absolute atomic E-state index is 0.0914. The van der Waals surface area contributed by atoms with Crippen LogP contribution < -0.4 is 15.2 Å². The summed E-state index contributed by atoms with van der Waals surface area (Å²) in [6.07, 6.45) is 0.744. The normalized spacial score (nSPS) is 17.1. The molecule has 4 rings (SSSR count). The van der Waals surface area contributed by atoms with E-state index in [0.717, 1.165) is 12.1 Å². The summed E-state index contributed by atoms with van der Waals surface area (Å²) in [6, 6.07) is 6.34. The van der Waals surface area contributed by atoms with E-state index in [9.17, 15) is 13.2 Å². The van der Waals surface area contributed by atoms with Gasteiger partial charge in [-0.1, -0.05) is 11.8 Å². The molecule has 1 amide bonds. The van der Waals surface area contributed by atoms with Gasteiger partial charge < -0.3 is 20.1 Å². The maximum atomic E-state index is 13.1. The molecule has 1 aromatic heterocycles. The largest absolute Gasteiger partial charge is 0.490 e. The highest BCUT2D eigenvalue weighted by Gasteiger charge is 2.31. The first-order valence-corrected chi connectivity index (χ1v) is 12.7. The number of benzene rings is 1. The van der Waals surface area contributed by atoms with Crippen LogP contribution >= 0.6 is 11.8 Å². The molecule has 1 fully saturated rings. The number of anilines is 1. The van der Waals surface area contributed by atoms with Crippen LogP contribution in [0, 0.1) is 6.92 Å². The maximum absolute atomic E-state index is 13.1. The molecule has 2 aromatic rings. The van der Waals surface area contributed by atoms with E-state index < -0.39 is 10.0 Å². The second-order valence-electron chi connectivity index (χ2n) is 7.45. The molecule has 0 saturated carbocycles. The molecule has 12 heteroatoms. The van der Waals surface area contributed by atoms with Crippen molar-refractivity contribution < 1.29 is 22.7 Å². The first kappa shape index (κ1) is 22.6. The lowest BCUT2D eigenvalue weighted by Crippen LogP contribution is -2.50. The molecule has 3 heterocycles. The van der Waals surface area contributed by atoms with E-state index in [4.69, 9.17) is 15.2 Å². The van der Waals surface area contributed by atoms with E-state index >= 15 is 0 Å². The number of thioether (sulfide) groups is 1. The average molecular weight is 480 g/mol. The Kier molecular flexibility index (Phi) is 6.72. The van der Waals surface area contributed by atoms with Crippen LogP contribution in [0.4, 0.5) is 5.82 Å². The number of nitrogens with two attached hydrogens (primary N) is 1. The fourth-order valence-electron chi connectivity index (χ4n) is 3.48. The number of hydrogen-bond donors (Lipinski definition) is 1. The van der Waals surface area contributed by atoms with Crippen molar-refractivity contribution in [3.8, 4) is 11.5 Å². The second-order valence-corrected chi connectivity index (χ2v) is 10.3. The molecule has 0 spiro atoms. The summed E-state index contributed by atoms with van der Waals surface area (Å²) in [5, 5.41) is 0.450. The number of hydrogen-bond acceptors (Lipinski definition) is 9. The lowest BCUT2D eigenvalue weighted by atomic mass is 10.3. The first-order valence-electron chi connectivity index (χ1n) is 10.2. The Morgan fingerprint density at radius 2 is 1.81 bits per heavy atom. The third-order valence-electron chi connectivity index (χ3n) is 5.13. The van der Waals surface area contributed by atoms with Crippen LogP contribution in [0.15, 0.2) is 34.3 Å². The molecule has 2 N–H and O–H groups in total. The van der Waals surface area contributed by atoms with Crippen molar-refractivity contribution >= 4 is 33.5 Å². The molecule has 0 unspecified atom stereocenters. The van der Waals surface area contributed by atoms with Crippen LogP contribution in [0.5, 0.6) is 11.5 Å². The SMILES string of the molecule is Cc1cc(N)nc(SCC(=O)N2CCN(S(=O)(=O)c3ccc4c(c3)OCCCO4)CC2)n1. The zero-order valence-corrected chi connectivity index (χ0v) is 19.3. The zero-order valence-electron chi connectivity index (χ0n) is 17.7. The summed E-state index contributed by atoms with van der Waals surface area (Å²) in [5.41, 5.74) is 6.46. The van der Waals surface area contributed by atoms with Crippen molar-refractivity contribution in [1.82, 2.24) is 19.2 Å². The fourth-order valence-corrected chi connectivity index (χ4v) is 5.73. The Labute approximate surface area is 191 Å². The van der Waals surface area contributed by atoms with Crippen LogP contribution in [0.1, 0.15) is 12.1 Å². The predicted octanol–water partition coefficient (Wildman–Crippen LogP) is 1.15. The molecule has 172 valence electrons. The molecule has 0 aliphatic carbocycles. The van der Waals surface area contributed by atoms with E-state index in [-0.39, 0.29) is 29.6 Å². The molecule has 1 saturated heterocycles. The number of piperazine rings is 1. The Morgan fingerprint density at radius 1 is 1.09 bits per heavy atom. The number of nitrogen functional groups attached to an aromatic ring is 1. The zero-order chi connectivity index (χ0) is 22.7. The third-order valence-corrected chi connectivity index (χ3v) is 7.85. The van der Waals surface area contributed by atoms with Crippen LogP contribution in [-0.4, -0.2) is 78.6 Å². The number of aromatic nitrogens is 2. The Morgan fingerprint density at radius 3 is 2.53 bits per heavy atom. The summed E-state index contributed by atoms with van der Waals surface area (Å²) in [5.74, 6) is 1.42. The Hall–Kier alpha value is -2.57. The molecule has 2 aliphatic heterocycles. The number of sulfonamides is 1. The molecular weight excluding hydrogens is 454 g/mol. The summed E-state index contributed by atoms with van der Waals surface area (Å²) < 4.78 is 38.8. The van der Waals surface area contributed by atoms with Crippen LogP contribution in [-0.2, 0) is 14.8 Å². The van der Waals surface area contributed by atoms with Gasteiger partial charge in [0.25, 0.3) is 0 Å². The van der Waals surface area contributed by atoms with Gasteiger partial charge in [-0.3, -0.25) is 4.79 Å². The number of carbonyl (C=O) groups excluding carboxylic acids is 1. The number of ether oxygens (including phenoxy) is 2. The lowest BCUT2D eigenvalue weighted by molar-refractivity contribution is -0.129. The van der Waals surface area contributed by atoms with Gasteiger partial charge in [0, 0.05) is 50.4 Å². The number of carbonyl (C=O) groups is 1. The summed E-state index contributed by atoms with van der Waals surface area (Å²) in [7, 11) is -3.70. The molecule has 0 bridgehead atoms. The molecule has 2 aliphatic rings. The standard InChI is InChI=1S/C20H25N5O5S2/c1-14-11-18(21)23-20(22-14)31-13-19(26)24-5-7-25(8-6-24)32(27,28)15-3-4-16-17(12-15)30-10-2-9-29-16/h3-4,11-12H,2,5-10,13H2,1H3,(H2,21,22,23). The van der Waals surface area contributed by atoms with Crippen molar-refractivity contribution in [3.05, 3.63) is 30.0 Å². The van der Waals surface area contributed by atoms with Gasteiger partial charge in [-0.15, -0.1) is 0 Å². The topological polar surface area (TPSA) is 128 Å². The van der Waals surface area contributed by atoms with Crippen LogP contribution in [0.2, 0.25) is 0 Å². The van der Waals surface area contributed by atoms with E-state index in [1.54, 1.807) is 17.0 Å². The van der Waals surface area contributed by atoms with Gasteiger partial charge in [0.15, 0.2) is 16.7 Å². The average Bonchev–Trinajstić information content (AvgIpc) is 3.02. The van der Waals surface area contributed by atoms with Crippen LogP contribution in [0.25, 0.3) is 0 Å². The Bertz CT molecular complexity index is 1080. The van der Waals surface area contributed by atoms with E-state index in [2.05, 4.69) is 9.97 Å². The highest BCUT2D eigenvalue weighted by molar-refractivity contribution is 7.99. The van der Waals surface area contributed by atoms with Crippen LogP contribution in [0.3, 0.4) is 0 Å². The lowest BCUT2D eigenvalue weighted by Gasteiger charge is -2.34. The molecular formula is C20H25N5O5S2. The number of aryl methyl sites for hydroxylation is 1. The van der Waals surface area contributed by atoms with Crippen molar-refractivity contribution in [2.24, 2.45) is 0 Å². The van der Waals surface area contributed by atoms with Crippen molar-refractivity contribution in [1.29, 1.82) is 0 Å². The molecule has 0 radical (unpaired) electrons. The first-order chi connectivity index (χ1) is 15.3. The number of fused-ring (bicyclic) bond motifs is 1. The third kappa shape index (κ3) is 5.08. The van der Waals surface area contributed by atoms with Crippen molar-refractivity contribution in [2.45, 2.75) is 23.4 Å². The van der Waals surface area contributed by atoms with Gasteiger partial charge in [-0.2, -0.15) is 4.31 Å². The van der Waals surface area contributed by atoms with Gasteiger partial charge in [-0.05, 0) is 19.1 Å². The maximum Gasteiger partial charge on any atom is 0.243 e. The minimum atomic E-state index is -3.70. The molecule has 0 atom stereocenters. The summed E-state index contributed by atoms with van der Waals surface area (Å²) >= 11 is 1.22. The minimum Gasteiger partial charge on any atom is -0.490 e. The van der Waals surface area contributed by atoms with Gasteiger partial charge in [0.2, 0.25) is 15.9 Å². The molecule has 1 aromatic carbocycles. The monoisotopic (exact) mass is 479 g/mol. The predicted molar refractivity (Wildman–Crippen MR) is 119 cm³/mol.